The molecule has 0 amide bonds. The average molecular weight is 263 g/mol. The molecule has 1 aliphatic rings. The van der Waals surface area contributed by atoms with E-state index >= 15 is 0 Å². The van der Waals surface area contributed by atoms with E-state index in [-0.39, 0.29) is 11.9 Å². The van der Waals surface area contributed by atoms with E-state index in [9.17, 15) is 4.79 Å². The van der Waals surface area contributed by atoms with Gasteiger partial charge in [-0.3, -0.25) is 0 Å². The SMILES string of the molecule is COC(=O)C1CCCC[Se]CCCC1. The molecular formula is C11H20O2Se. The monoisotopic (exact) mass is 264 g/mol. The summed E-state index contributed by atoms with van der Waals surface area (Å²) in [6, 6.07) is 0. The van der Waals surface area contributed by atoms with Crippen molar-refractivity contribution in [2.75, 3.05) is 7.11 Å². The molecule has 0 saturated carbocycles. The van der Waals surface area contributed by atoms with Crippen molar-refractivity contribution < 1.29 is 9.53 Å². The first-order valence-electron chi connectivity index (χ1n) is 5.50. The van der Waals surface area contributed by atoms with Crippen LogP contribution in [0.2, 0.25) is 10.6 Å². The zero-order valence-electron chi connectivity index (χ0n) is 8.96. The minimum atomic E-state index is 0.0103. The van der Waals surface area contributed by atoms with Gasteiger partial charge < -0.3 is 0 Å². The third-order valence-corrected chi connectivity index (χ3v) is 5.14. The Balaban J connectivity index is 2.34. The standard InChI is InChI=1S/C11H20O2Se/c1-13-11(12)10-6-2-4-8-14-9-5-3-7-10/h10H,2-9H2,1H3. The Hall–Kier alpha value is -0.0105. The van der Waals surface area contributed by atoms with E-state index in [0.717, 1.165) is 27.8 Å². The fourth-order valence-corrected chi connectivity index (χ4v) is 3.98. The quantitative estimate of drug-likeness (QED) is 0.537. The molecule has 0 atom stereocenters. The summed E-state index contributed by atoms with van der Waals surface area (Å²) in [6.07, 6.45) is 7.13. The van der Waals surface area contributed by atoms with E-state index in [1.165, 1.54) is 43.4 Å². The number of carbonyl (C=O) groups is 1. The molecule has 1 heterocycles. The van der Waals surface area contributed by atoms with Crippen molar-refractivity contribution in [3.63, 3.8) is 0 Å². The fourth-order valence-electron chi connectivity index (χ4n) is 1.84. The van der Waals surface area contributed by atoms with E-state index in [1.54, 1.807) is 0 Å². The zero-order valence-corrected chi connectivity index (χ0v) is 10.7. The Bertz CT molecular complexity index is 161. The van der Waals surface area contributed by atoms with Gasteiger partial charge in [-0.1, -0.05) is 0 Å². The molecule has 1 rings (SSSR count). The molecule has 2 nitrogen and oxygen atoms in total. The third kappa shape index (κ3) is 4.47. The van der Waals surface area contributed by atoms with Gasteiger partial charge in [0.1, 0.15) is 0 Å². The molecule has 0 aromatic heterocycles. The number of hydrogen-bond donors (Lipinski definition) is 0. The van der Waals surface area contributed by atoms with Gasteiger partial charge in [0.25, 0.3) is 0 Å². The van der Waals surface area contributed by atoms with Crippen LogP contribution < -0.4 is 0 Å². The van der Waals surface area contributed by atoms with E-state index in [1.807, 2.05) is 0 Å². The van der Waals surface area contributed by atoms with Crippen molar-refractivity contribution >= 4 is 20.9 Å². The Morgan fingerprint density at radius 3 is 2.21 bits per heavy atom. The summed E-state index contributed by atoms with van der Waals surface area (Å²) in [5.41, 5.74) is 0. The van der Waals surface area contributed by atoms with Gasteiger partial charge in [0.15, 0.2) is 0 Å². The maximum absolute atomic E-state index is 11.4. The summed E-state index contributed by atoms with van der Waals surface area (Å²) in [5.74, 6) is 0.196. The first-order valence-corrected chi connectivity index (χ1v) is 7.92. The van der Waals surface area contributed by atoms with Crippen molar-refractivity contribution in [1.29, 1.82) is 0 Å². The third-order valence-electron chi connectivity index (χ3n) is 2.72. The predicted molar refractivity (Wildman–Crippen MR) is 58.6 cm³/mol. The molecule has 1 aliphatic heterocycles. The molecule has 0 spiro atoms. The summed E-state index contributed by atoms with van der Waals surface area (Å²) in [7, 11) is 1.50. The van der Waals surface area contributed by atoms with E-state index in [4.69, 9.17) is 4.74 Å². The zero-order chi connectivity index (χ0) is 10.2. The first-order chi connectivity index (χ1) is 6.84. The number of esters is 1. The number of methoxy groups -OCH3 is 1. The summed E-state index contributed by atoms with van der Waals surface area (Å²) in [4.78, 5) is 11.4. The van der Waals surface area contributed by atoms with Crippen LogP contribution in [-0.2, 0) is 9.53 Å². The molecule has 0 N–H and O–H groups in total. The van der Waals surface area contributed by atoms with Gasteiger partial charge in [0.2, 0.25) is 0 Å². The van der Waals surface area contributed by atoms with Crippen LogP contribution in [0.15, 0.2) is 0 Å². The number of hydrogen-bond acceptors (Lipinski definition) is 2. The Labute approximate surface area is 92.9 Å². The molecule has 3 heteroatoms. The first kappa shape index (κ1) is 12.1. The second-order valence-electron chi connectivity index (χ2n) is 3.82. The normalized spacial score (nSPS) is 21.5. The van der Waals surface area contributed by atoms with Crippen LogP contribution in [0.5, 0.6) is 0 Å². The summed E-state index contributed by atoms with van der Waals surface area (Å²) < 4.78 is 4.82. The van der Waals surface area contributed by atoms with Gasteiger partial charge in [0.05, 0.1) is 0 Å². The number of rotatable bonds is 1. The Morgan fingerprint density at radius 2 is 1.71 bits per heavy atom. The second kappa shape index (κ2) is 7.30. The van der Waals surface area contributed by atoms with Crippen molar-refractivity contribution in [1.82, 2.24) is 0 Å². The van der Waals surface area contributed by atoms with E-state index in [0.29, 0.717) is 0 Å². The molecule has 1 saturated heterocycles. The van der Waals surface area contributed by atoms with Crippen molar-refractivity contribution in [2.45, 2.75) is 49.2 Å². The summed E-state index contributed by atoms with van der Waals surface area (Å²) >= 11 is 0.873. The average Bonchev–Trinajstić information content (AvgIpc) is 2.24. The second-order valence-corrected chi connectivity index (χ2v) is 6.39. The van der Waals surface area contributed by atoms with Gasteiger partial charge in [-0.15, -0.1) is 0 Å². The maximum atomic E-state index is 11.4. The Morgan fingerprint density at radius 1 is 1.14 bits per heavy atom. The summed E-state index contributed by atoms with van der Waals surface area (Å²) in [6.45, 7) is 0. The van der Waals surface area contributed by atoms with Crippen LogP contribution in [0, 0.1) is 5.92 Å². The molecule has 0 radical (unpaired) electrons. The van der Waals surface area contributed by atoms with Gasteiger partial charge in [-0.25, -0.2) is 0 Å². The van der Waals surface area contributed by atoms with E-state index in [2.05, 4.69) is 0 Å². The molecule has 82 valence electrons. The van der Waals surface area contributed by atoms with Crippen LogP contribution in [-0.4, -0.2) is 28.0 Å². The van der Waals surface area contributed by atoms with Crippen LogP contribution in [0.25, 0.3) is 0 Å². The van der Waals surface area contributed by atoms with Crippen LogP contribution >= 0.6 is 0 Å². The molecule has 14 heavy (non-hydrogen) atoms. The van der Waals surface area contributed by atoms with Crippen LogP contribution in [0.4, 0.5) is 0 Å². The number of ether oxygens (including phenoxy) is 1. The fraction of sp³-hybridized carbons (Fsp3) is 0.909. The molecule has 0 aromatic carbocycles. The molecule has 0 unspecified atom stereocenters. The topological polar surface area (TPSA) is 26.3 Å². The molecule has 1 fully saturated rings. The van der Waals surface area contributed by atoms with Crippen molar-refractivity contribution in [3.8, 4) is 0 Å². The van der Waals surface area contributed by atoms with Crippen molar-refractivity contribution in [3.05, 3.63) is 0 Å². The molecule has 0 bridgehead atoms. The molecular weight excluding hydrogens is 243 g/mol. The van der Waals surface area contributed by atoms with Gasteiger partial charge in [-0.05, 0) is 0 Å². The van der Waals surface area contributed by atoms with Gasteiger partial charge in [0, 0.05) is 0 Å². The predicted octanol–water partition coefficient (Wildman–Crippen LogP) is 2.67. The van der Waals surface area contributed by atoms with Gasteiger partial charge >= 0.3 is 92.6 Å². The molecule has 0 aromatic rings. The van der Waals surface area contributed by atoms with Crippen LogP contribution in [0.3, 0.4) is 0 Å². The minimum absolute atomic E-state index is 0.0103. The van der Waals surface area contributed by atoms with E-state index < -0.39 is 0 Å². The van der Waals surface area contributed by atoms with Crippen LogP contribution in [0.1, 0.15) is 38.5 Å². The van der Waals surface area contributed by atoms with Gasteiger partial charge in [-0.2, -0.15) is 0 Å². The summed E-state index contributed by atoms with van der Waals surface area (Å²) in [5, 5.41) is 2.81. The number of carbonyl (C=O) groups excluding carboxylic acids is 1. The van der Waals surface area contributed by atoms with Crippen molar-refractivity contribution in [2.24, 2.45) is 5.92 Å². The molecule has 0 aliphatic carbocycles. The Kier molecular flexibility index (Phi) is 6.29.